The maximum Gasteiger partial charge on any atom is 0.272 e. The van der Waals surface area contributed by atoms with Crippen LogP contribution < -0.4 is 10.2 Å². The zero-order valence-electron chi connectivity index (χ0n) is 14.5. The highest BCUT2D eigenvalue weighted by atomic mass is 35.5. The van der Waals surface area contributed by atoms with Gasteiger partial charge >= 0.3 is 0 Å². The molecule has 3 aromatic carbocycles. The Morgan fingerprint density at radius 2 is 1.71 bits per heavy atom. The van der Waals surface area contributed by atoms with E-state index >= 15 is 0 Å². The number of nitrogens with zero attached hydrogens (tertiary/aromatic N) is 1. The van der Waals surface area contributed by atoms with Gasteiger partial charge in [-0.2, -0.15) is 5.10 Å². The Labute approximate surface area is 177 Å². The predicted octanol–water partition coefficient (Wildman–Crippen LogP) is 5.99. The third-order valence-corrected chi connectivity index (χ3v) is 4.70. The van der Waals surface area contributed by atoms with Gasteiger partial charge in [-0.1, -0.05) is 53.0 Å². The van der Waals surface area contributed by atoms with Crippen molar-refractivity contribution in [1.82, 2.24) is 5.43 Å². The summed E-state index contributed by atoms with van der Waals surface area (Å²) in [5.74, 6) is 0.284. The molecule has 0 aliphatic heterocycles. The number of ether oxygens (including phenoxy) is 1. The molecule has 3 aromatic rings. The van der Waals surface area contributed by atoms with Crippen LogP contribution in [0, 0.1) is 0 Å². The standard InChI is InChI=1S/C21H15Cl3N2O2/c22-16-7-10-18(20(24)11-16)21(27)26-25-12-14-5-8-17(9-6-14)28-13-15-3-1-2-4-19(15)23/h1-12H,13H2,(H,26,27)/b25-12-. The molecule has 0 radical (unpaired) electrons. The summed E-state index contributed by atoms with van der Waals surface area (Å²) < 4.78 is 5.73. The minimum absolute atomic E-state index is 0.264. The van der Waals surface area contributed by atoms with Gasteiger partial charge in [0.25, 0.3) is 5.91 Å². The number of hydrogen-bond acceptors (Lipinski definition) is 3. The van der Waals surface area contributed by atoms with E-state index in [1.807, 2.05) is 48.5 Å². The first-order valence-electron chi connectivity index (χ1n) is 8.27. The lowest BCUT2D eigenvalue weighted by molar-refractivity contribution is 0.0955. The molecule has 0 fully saturated rings. The number of hydrazone groups is 1. The predicted molar refractivity (Wildman–Crippen MR) is 114 cm³/mol. The van der Waals surface area contributed by atoms with Crippen LogP contribution in [0.1, 0.15) is 21.5 Å². The molecule has 0 unspecified atom stereocenters. The Balaban J connectivity index is 1.55. The molecule has 1 amide bonds. The summed E-state index contributed by atoms with van der Waals surface area (Å²) in [6.07, 6.45) is 1.53. The minimum Gasteiger partial charge on any atom is -0.489 e. The first-order valence-corrected chi connectivity index (χ1v) is 9.41. The second kappa shape index (κ2) is 9.60. The minimum atomic E-state index is -0.419. The van der Waals surface area contributed by atoms with Crippen molar-refractivity contribution in [2.45, 2.75) is 6.61 Å². The maximum absolute atomic E-state index is 12.1. The fourth-order valence-electron chi connectivity index (χ4n) is 2.33. The van der Waals surface area contributed by atoms with Crippen molar-refractivity contribution in [3.8, 4) is 5.75 Å². The summed E-state index contributed by atoms with van der Waals surface area (Å²) >= 11 is 17.9. The van der Waals surface area contributed by atoms with Crippen molar-refractivity contribution in [2.24, 2.45) is 5.10 Å². The van der Waals surface area contributed by atoms with Gasteiger partial charge in [0.2, 0.25) is 0 Å². The number of amides is 1. The number of halogens is 3. The smallest absolute Gasteiger partial charge is 0.272 e. The number of hydrogen-bond donors (Lipinski definition) is 1. The molecule has 0 spiro atoms. The van der Waals surface area contributed by atoms with Gasteiger partial charge in [-0.25, -0.2) is 5.43 Å². The number of carbonyl (C=O) groups is 1. The summed E-state index contributed by atoms with van der Waals surface area (Å²) in [5.41, 5.74) is 4.44. The Morgan fingerprint density at radius 1 is 0.964 bits per heavy atom. The summed E-state index contributed by atoms with van der Waals surface area (Å²) in [6, 6.07) is 19.4. The number of benzene rings is 3. The summed E-state index contributed by atoms with van der Waals surface area (Å²) in [7, 11) is 0. The average Bonchev–Trinajstić information content (AvgIpc) is 2.68. The van der Waals surface area contributed by atoms with E-state index in [1.165, 1.54) is 12.3 Å². The molecule has 0 heterocycles. The van der Waals surface area contributed by atoms with Crippen molar-refractivity contribution in [1.29, 1.82) is 0 Å². The highest BCUT2D eigenvalue weighted by Gasteiger charge is 2.09. The van der Waals surface area contributed by atoms with Crippen LogP contribution in [0.4, 0.5) is 0 Å². The first-order chi connectivity index (χ1) is 13.5. The summed E-state index contributed by atoms with van der Waals surface area (Å²) in [6.45, 7) is 0.380. The Morgan fingerprint density at radius 3 is 2.43 bits per heavy atom. The summed E-state index contributed by atoms with van der Waals surface area (Å²) in [5, 5.41) is 5.34. The normalized spacial score (nSPS) is 10.8. The van der Waals surface area contributed by atoms with Gasteiger partial charge in [0.1, 0.15) is 12.4 Å². The molecular formula is C21H15Cl3N2O2. The second-order valence-electron chi connectivity index (χ2n) is 5.77. The van der Waals surface area contributed by atoms with Crippen LogP contribution in [0.15, 0.2) is 71.8 Å². The van der Waals surface area contributed by atoms with Gasteiger partial charge < -0.3 is 4.74 Å². The zero-order chi connectivity index (χ0) is 19.9. The molecule has 4 nitrogen and oxygen atoms in total. The van der Waals surface area contributed by atoms with Crippen molar-refractivity contribution in [3.05, 3.63) is 98.5 Å². The lowest BCUT2D eigenvalue weighted by Gasteiger charge is -2.07. The highest BCUT2D eigenvalue weighted by Crippen LogP contribution is 2.21. The van der Waals surface area contributed by atoms with Crippen molar-refractivity contribution >= 4 is 46.9 Å². The Kier molecular flexibility index (Phi) is 6.93. The number of carbonyl (C=O) groups excluding carboxylic acids is 1. The average molecular weight is 434 g/mol. The largest absolute Gasteiger partial charge is 0.489 e. The van der Waals surface area contributed by atoms with E-state index in [2.05, 4.69) is 10.5 Å². The molecule has 1 N–H and O–H groups in total. The molecule has 0 atom stereocenters. The van der Waals surface area contributed by atoms with Crippen LogP contribution in [-0.4, -0.2) is 12.1 Å². The zero-order valence-corrected chi connectivity index (χ0v) is 16.8. The monoisotopic (exact) mass is 432 g/mol. The van der Waals surface area contributed by atoms with Crippen molar-refractivity contribution < 1.29 is 9.53 Å². The third-order valence-electron chi connectivity index (χ3n) is 3.79. The van der Waals surface area contributed by atoms with Crippen LogP contribution in [0.3, 0.4) is 0 Å². The molecule has 142 valence electrons. The van der Waals surface area contributed by atoms with Crippen LogP contribution >= 0.6 is 34.8 Å². The van der Waals surface area contributed by atoms with Gasteiger partial charge in [-0.15, -0.1) is 0 Å². The van der Waals surface area contributed by atoms with E-state index in [0.717, 1.165) is 11.1 Å². The molecule has 28 heavy (non-hydrogen) atoms. The van der Waals surface area contributed by atoms with Crippen LogP contribution in [0.2, 0.25) is 15.1 Å². The third kappa shape index (κ3) is 5.49. The molecule has 0 saturated heterocycles. The van der Waals surface area contributed by atoms with Crippen molar-refractivity contribution in [2.75, 3.05) is 0 Å². The van der Waals surface area contributed by atoms with Gasteiger partial charge in [0.15, 0.2) is 0 Å². The van der Waals surface area contributed by atoms with Crippen LogP contribution in [0.5, 0.6) is 5.75 Å². The second-order valence-corrected chi connectivity index (χ2v) is 7.02. The Hall–Kier alpha value is -2.53. The van der Waals surface area contributed by atoms with Gasteiger partial charge in [-0.05, 0) is 54.1 Å². The molecular weight excluding hydrogens is 419 g/mol. The fraction of sp³-hybridized carbons (Fsp3) is 0.0476. The summed E-state index contributed by atoms with van der Waals surface area (Å²) in [4.78, 5) is 12.1. The van der Waals surface area contributed by atoms with E-state index < -0.39 is 5.91 Å². The lowest BCUT2D eigenvalue weighted by Crippen LogP contribution is -2.18. The topological polar surface area (TPSA) is 50.7 Å². The van der Waals surface area contributed by atoms with E-state index in [1.54, 1.807) is 12.1 Å². The van der Waals surface area contributed by atoms with E-state index in [9.17, 15) is 4.79 Å². The lowest BCUT2D eigenvalue weighted by atomic mass is 10.2. The van der Waals surface area contributed by atoms with Gasteiger partial charge in [0.05, 0.1) is 16.8 Å². The molecule has 0 bridgehead atoms. The van der Waals surface area contributed by atoms with Crippen LogP contribution in [0.25, 0.3) is 0 Å². The quantitative estimate of drug-likeness (QED) is 0.383. The number of rotatable bonds is 6. The molecule has 0 aromatic heterocycles. The van der Waals surface area contributed by atoms with E-state index in [4.69, 9.17) is 39.5 Å². The molecule has 7 heteroatoms. The fourth-order valence-corrected chi connectivity index (χ4v) is 3.01. The number of nitrogens with one attached hydrogen (secondary N) is 1. The van der Waals surface area contributed by atoms with E-state index in [-0.39, 0.29) is 5.02 Å². The molecule has 0 saturated carbocycles. The van der Waals surface area contributed by atoms with Gasteiger partial charge in [0, 0.05) is 15.6 Å². The van der Waals surface area contributed by atoms with E-state index in [0.29, 0.717) is 28.0 Å². The molecule has 0 aliphatic rings. The van der Waals surface area contributed by atoms with Crippen molar-refractivity contribution in [3.63, 3.8) is 0 Å². The molecule has 0 aliphatic carbocycles. The highest BCUT2D eigenvalue weighted by molar-refractivity contribution is 6.36. The maximum atomic E-state index is 12.1. The SMILES string of the molecule is O=C(N/N=C\c1ccc(OCc2ccccc2Cl)cc1)c1ccc(Cl)cc1Cl. The van der Waals surface area contributed by atoms with Gasteiger partial charge in [-0.3, -0.25) is 4.79 Å². The first kappa shape index (κ1) is 20.2. The van der Waals surface area contributed by atoms with Crippen LogP contribution in [-0.2, 0) is 6.61 Å². The Bertz CT molecular complexity index is 1000. The molecule has 3 rings (SSSR count).